The second-order valence-electron chi connectivity index (χ2n) is 6.26. The zero-order valence-corrected chi connectivity index (χ0v) is 16.6. The van der Waals surface area contributed by atoms with Gasteiger partial charge in [0.05, 0.1) is 25.4 Å². The number of halogens is 1. The number of nitrogens with one attached hydrogen (secondary N) is 2. The fraction of sp³-hybridized carbons (Fsp3) is 0.190. The topological polar surface area (TPSA) is 85.2 Å². The van der Waals surface area contributed by atoms with Crippen molar-refractivity contribution in [3.63, 3.8) is 0 Å². The molecule has 0 saturated heterocycles. The predicted molar refractivity (Wildman–Crippen MR) is 111 cm³/mol. The lowest BCUT2D eigenvalue weighted by atomic mass is 10.2. The second kappa shape index (κ2) is 9.75. The molecule has 0 saturated carbocycles. The van der Waals surface area contributed by atoms with Crippen molar-refractivity contribution in [1.82, 2.24) is 15.1 Å². The third-order valence-electron chi connectivity index (χ3n) is 4.19. The van der Waals surface area contributed by atoms with E-state index in [-0.39, 0.29) is 24.8 Å². The van der Waals surface area contributed by atoms with Gasteiger partial charge in [-0.2, -0.15) is 5.10 Å². The van der Waals surface area contributed by atoms with Crippen LogP contribution in [-0.4, -0.2) is 35.2 Å². The average Bonchev–Trinajstić information content (AvgIpc) is 3.14. The Labute approximate surface area is 173 Å². The van der Waals surface area contributed by atoms with Gasteiger partial charge < -0.3 is 15.4 Å². The molecule has 0 fully saturated rings. The first-order valence-electron chi connectivity index (χ1n) is 9.04. The van der Waals surface area contributed by atoms with Gasteiger partial charge in [0.1, 0.15) is 11.6 Å². The van der Waals surface area contributed by atoms with Crippen LogP contribution in [0, 0.1) is 0 Å². The summed E-state index contributed by atoms with van der Waals surface area (Å²) in [6, 6.07) is 16.1. The number of methoxy groups -OCH3 is 1. The van der Waals surface area contributed by atoms with E-state index in [4.69, 9.17) is 16.3 Å². The Kier molecular flexibility index (Phi) is 6.86. The molecule has 3 rings (SSSR count). The molecular formula is C21H21ClN4O3. The van der Waals surface area contributed by atoms with Gasteiger partial charge in [-0.25, -0.2) is 4.68 Å². The summed E-state index contributed by atoms with van der Waals surface area (Å²) in [5.41, 5.74) is 1.40. The highest BCUT2D eigenvalue weighted by molar-refractivity contribution is 6.30. The third kappa shape index (κ3) is 5.58. The lowest BCUT2D eigenvalue weighted by Gasteiger charge is -2.11. The fourth-order valence-electron chi connectivity index (χ4n) is 2.80. The number of hydrogen-bond donors (Lipinski definition) is 2. The summed E-state index contributed by atoms with van der Waals surface area (Å²) >= 11 is 6.01. The number of benzene rings is 2. The minimum atomic E-state index is -0.291. The molecule has 2 amide bonds. The van der Waals surface area contributed by atoms with Crippen LogP contribution in [0.4, 0.5) is 5.82 Å². The van der Waals surface area contributed by atoms with Gasteiger partial charge in [0.15, 0.2) is 0 Å². The molecule has 8 heteroatoms. The lowest BCUT2D eigenvalue weighted by Crippen LogP contribution is -2.28. The summed E-state index contributed by atoms with van der Waals surface area (Å²) in [7, 11) is 1.51. The Morgan fingerprint density at radius 3 is 2.76 bits per heavy atom. The minimum Gasteiger partial charge on any atom is -0.496 e. The van der Waals surface area contributed by atoms with Crippen LogP contribution in [-0.2, 0) is 11.3 Å². The number of para-hydroxylation sites is 1. The molecule has 0 atom stereocenters. The maximum atomic E-state index is 12.3. The molecule has 0 spiro atoms. The van der Waals surface area contributed by atoms with Crippen LogP contribution in [0.1, 0.15) is 22.3 Å². The summed E-state index contributed by atoms with van der Waals surface area (Å²) in [5, 5.41) is 10.4. The van der Waals surface area contributed by atoms with Gasteiger partial charge in [-0.05, 0) is 29.8 Å². The summed E-state index contributed by atoms with van der Waals surface area (Å²) in [6.07, 6.45) is 1.74. The van der Waals surface area contributed by atoms with Crippen LogP contribution >= 0.6 is 11.6 Å². The highest BCUT2D eigenvalue weighted by Gasteiger charge is 2.12. The summed E-state index contributed by atoms with van der Waals surface area (Å²) in [5.74, 6) is 0.546. The van der Waals surface area contributed by atoms with E-state index >= 15 is 0 Å². The average molecular weight is 413 g/mol. The number of carbonyl (C=O) groups is 2. The van der Waals surface area contributed by atoms with Crippen LogP contribution in [0.3, 0.4) is 0 Å². The van der Waals surface area contributed by atoms with E-state index in [0.29, 0.717) is 28.7 Å². The molecule has 0 unspecified atom stereocenters. The SMILES string of the molecule is COc1ccccc1C(=O)NCCC(=O)Nc1ccnn1Cc1cccc(Cl)c1. The molecule has 0 aliphatic carbocycles. The monoisotopic (exact) mass is 412 g/mol. The van der Waals surface area contributed by atoms with Crippen molar-refractivity contribution in [3.8, 4) is 5.75 Å². The molecule has 3 aromatic rings. The number of ether oxygens (including phenoxy) is 1. The normalized spacial score (nSPS) is 10.4. The molecule has 0 bridgehead atoms. The quantitative estimate of drug-likeness (QED) is 0.594. The van der Waals surface area contributed by atoms with Gasteiger partial charge in [0, 0.05) is 24.1 Å². The van der Waals surface area contributed by atoms with Gasteiger partial charge >= 0.3 is 0 Å². The Morgan fingerprint density at radius 2 is 1.97 bits per heavy atom. The van der Waals surface area contributed by atoms with E-state index < -0.39 is 0 Å². The summed E-state index contributed by atoms with van der Waals surface area (Å²) < 4.78 is 6.85. The first-order chi connectivity index (χ1) is 14.1. The number of rotatable bonds is 8. The molecule has 0 aliphatic rings. The molecule has 2 N–H and O–H groups in total. The smallest absolute Gasteiger partial charge is 0.255 e. The first kappa shape index (κ1) is 20.4. The highest BCUT2D eigenvalue weighted by Crippen LogP contribution is 2.17. The number of hydrogen-bond acceptors (Lipinski definition) is 4. The predicted octanol–water partition coefficient (Wildman–Crippen LogP) is 3.35. The van der Waals surface area contributed by atoms with E-state index in [1.165, 1.54) is 7.11 Å². The first-order valence-corrected chi connectivity index (χ1v) is 9.42. The standard InChI is InChI=1S/C21H21ClN4O3/c1-29-18-8-3-2-7-17(18)21(28)23-11-10-20(27)25-19-9-12-24-26(19)14-15-5-4-6-16(22)13-15/h2-9,12-13H,10-11,14H2,1H3,(H,23,28)(H,25,27). The fourth-order valence-corrected chi connectivity index (χ4v) is 3.01. The molecule has 0 aliphatic heterocycles. The van der Waals surface area contributed by atoms with Crippen molar-refractivity contribution in [3.05, 3.63) is 76.9 Å². The van der Waals surface area contributed by atoms with Crippen molar-refractivity contribution in [2.24, 2.45) is 0 Å². The number of anilines is 1. The second-order valence-corrected chi connectivity index (χ2v) is 6.69. The van der Waals surface area contributed by atoms with Crippen LogP contribution in [0.5, 0.6) is 5.75 Å². The van der Waals surface area contributed by atoms with Crippen molar-refractivity contribution in [2.75, 3.05) is 19.0 Å². The largest absolute Gasteiger partial charge is 0.496 e. The Morgan fingerprint density at radius 1 is 1.14 bits per heavy atom. The van der Waals surface area contributed by atoms with Crippen LogP contribution in [0.25, 0.3) is 0 Å². The van der Waals surface area contributed by atoms with Gasteiger partial charge in [-0.1, -0.05) is 35.9 Å². The molecule has 29 heavy (non-hydrogen) atoms. The van der Waals surface area contributed by atoms with Crippen LogP contribution < -0.4 is 15.4 Å². The van der Waals surface area contributed by atoms with Gasteiger partial charge in [-0.3, -0.25) is 9.59 Å². The van der Waals surface area contributed by atoms with Gasteiger partial charge in [-0.15, -0.1) is 0 Å². The number of aromatic nitrogens is 2. The van der Waals surface area contributed by atoms with E-state index in [1.807, 2.05) is 18.2 Å². The van der Waals surface area contributed by atoms with Crippen molar-refractivity contribution >= 4 is 29.2 Å². The molecule has 150 valence electrons. The lowest BCUT2D eigenvalue weighted by molar-refractivity contribution is -0.116. The molecule has 1 aromatic heterocycles. The summed E-state index contributed by atoms with van der Waals surface area (Å²) in [4.78, 5) is 24.5. The van der Waals surface area contributed by atoms with Crippen molar-refractivity contribution < 1.29 is 14.3 Å². The number of carbonyl (C=O) groups excluding carboxylic acids is 2. The zero-order valence-electron chi connectivity index (χ0n) is 15.9. The minimum absolute atomic E-state index is 0.128. The maximum absolute atomic E-state index is 12.3. The van der Waals surface area contributed by atoms with Crippen molar-refractivity contribution in [2.45, 2.75) is 13.0 Å². The Hall–Kier alpha value is -3.32. The maximum Gasteiger partial charge on any atom is 0.255 e. The van der Waals surface area contributed by atoms with Crippen LogP contribution in [0.2, 0.25) is 5.02 Å². The van der Waals surface area contributed by atoms with E-state index in [1.54, 1.807) is 47.3 Å². The molecule has 1 heterocycles. The van der Waals surface area contributed by atoms with Gasteiger partial charge in [0.2, 0.25) is 5.91 Å². The summed E-state index contributed by atoms with van der Waals surface area (Å²) in [6.45, 7) is 0.679. The Bertz CT molecular complexity index is 1000. The molecule has 0 radical (unpaired) electrons. The third-order valence-corrected chi connectivity index (χ3v) is 4.43. The van der Waals surface area contributed by atoms with E-state index in [9.17, 15) is 9.59 Å². The molecule has 7 nitrogen and oxygen atoms in total. The Balaban J connectivity index is 1.51. The van der Waals surface area contributed by atoms with Gasteiger partial charge in [0.25, 0.3) is 5.91 Å². The zero-order chi connectivity index (χ0) is 20.6. The number of nitrogens with zero attached hydrogens (tertiary/aromatic N) is 2. The van der Waals surface area contributed by atoms with Crippen molar-refractivity contribution in [1.29, 1.82) is 0 Å². The van der Waals surface area contributed by atoms with E-state index in [2.05, 4.69) is 15.7 Å². The van der Waals surface area contributed by atoms with E-state index in [0.717, 1.165) is 5.56 Å². The van der Waals surface area contributed by atoms with Crippen LogP contribution in [0.15, 0.2) is 60.8 Å². The molecule has 2 aromatic carbocycles. The molecular weight excluding hydrogens is 392 g/mol. The highest BCUT2D eigenvalue weighted by atomic mass is 35.5. The number of amides is 2.